The highest BCUT2D eigenvalue weighted by Gasteiger charge is 2.17. The van der Waals surface area contributed by atoms with Gasteiger partial charge in [0.05, 0.1) is 23.4 Å². The van der Waals surface area contributed by atoms with Crippen molar-refractivity contribution in [3.63, 3.8) is 0 Å². The van der Waals surface area contributed by atoms with Crippen LogP contribution in [-0.2, 0) is 6.54 Å². The standard InChI is InChI=1S/C21H27N5O2/c1-16(2)28-20-8-7-17(13-22)12-19(20)24-21(27)26(11-10-25(3)4)15-18-6-5-9-23-14-18/h5-9,12,14,16H,10-11,15H2,1-4H3,(H,24,27). The van der Waals surface area contributed by atoms with Gasteiger partial charge in [0.2, 0.25) is 0 Å². The summed E-state index contributed by atoms with van der Waals surface area (Å²) in [7, 11) is 3.93. The first kappa shape index (κ1) is 21.2. The third-order valence-corrected chi connectivity index (χ3v) is 3.91. The van der Waals surface area contributed by atoms with Gasteiger partial charge in [-0.2, -0.15) is 5.26 Å². The van der Waals surface area contributed by atoms with E-state index in [2.05, 4.69) is 16.4 Å². The highest BCUT2D eigenvalue weighted by atomic mass is 16.5. The van der Waals surface area contributed by atoms with Crippen LogP contribution >= 0.6 is 0 Å². The number of carbonyl (C=O) groups excluding carboxylic acids is 1. The van der Waals surface area contributed by atoms with E-state index in [1.807, 2.05) is 45.0 Å². The van der Waals surface area contributed by atoms with Crippen molar-refractivity contribution in [2.45, 2.75) is 26.5 Å². The maximum atomic E-state index is 13.0. The summed E-state index contributed by atoms with van der Waals surface area (Å²) in [6.45, 7) is 5.53. The second kappa shape index (κ2) is 10.3. The van der Waals surface area contributed by atoms with Gasteiger partial charge in [-0.1, -0.05) is 6.07 Å². The van der Waals surface area contributed by atoms with E-state index < -0.39 is 0 Å². The lowest BCUT2D eigenvalue weighted by atomic mass is 10.2. The topological polar surface area (TPSA) is 81.5 Å². The summed E-state index contributed by atoms with van der Waals surface area (Å²) in [5, 5.41) is 12.1. The molecule has 7 heteroatoms. The van der Waals surface area contributed by atoms with E-state index in [1.54, 1.807) is 35.5 Å². The lowest BCUT2D eigenvalue weighted by molar-refractivity contribution is 0.201. The lowest BCUT2D eigenvalue weighted by Gasteiger charge is -2.25. The Morgan fingerprint density at radius 1 is 1.29 bits per heavy atom. The maximum Gasteiger partial charge on any atom is 0.322 e. The Balaban J connectivity index is 2.22. The van der Waals surface area contributed by atoms with Crippen LogP contribution in [0.3, 0.4) is 0 Å². The number of benzene rings is 1. The number of hydrogen-bond donors (Lipinski definition) is 1. The number of nitrogens with zero attached hydrogens (tertiary/aromatic N) is 4. The molecule has 2 amide bonds. The molecular formula is C21H27N5O2. The molecule has 0 saturated carbocycles. The molecule has 0 aliphatic carbocycles. The predicted molar refractivity (Wildman–Crippen MR) is 109 cm³/mol. The molecule has 0 radical (unpaired) electrons. The molecule has 1 heterocycles. The molecular weight excluding hydrogens is 354 g/mol. The molecule has 28 heavy (non-hydrogen) atoms. The van der Waals surface area contributed by atoms with Crippen molar-refractivity contribution in [1.82, 2.24) is 14.8 Å². The van der Waals surface area contributed by atoms with Crippen molar-refractivity contribution >= 4 is 11.7 Å². The number of hydrogen-bond acceptors (Lipinski definition) is 5. The number of urea groups is 1. The molecule has 0 spiro atoms. The van der Waals surface area contributed by atoms with Crippen molar-refractivity contribution in [2.75, 3.05) is 32.5 Å². The average molecular weight is 381 g/mol. The van der Waals surface area contributed by atoms with E-state index in [1.165, 1.54) is 0 Å². The van der Waals surface area contributed by atoms with Crippen LogP contribution in [0.4, 0.5) is 10.5 Å². The fourth-order valence-corrected chi connectivity index (χ4v) is 2.53. The SMILES string of the molecule is CC(C)Oc1ccc(C#N)cc1NC(=O)N(CCN(C)C)Cc1cccnc1. The summed E-state index contributed by atoms with van der Waals surface area (Å²) in [6.07, 6.45) is 3.40. The molecule has 0 aliphatic heterocycles. The van der Waals surface area contributed by atoms with Crippen LogP contribution < -0.4 is 10.1 Å². The molecule has 0 unspecified atom stereocenters. The van der Waals surface area contributed by atoms with E-state index >= 15 is 0 Å². The second-order valence-electron chi connectivity index (χ2n) is 7.01. The molecule has 0 saturated heterocycles. The van der Waals surface area contributed by atoms with Crippen molar-refractivity contribution in [2.24, 2.45) is 0 Å². The van der Waals surface area contributed by atoms with Crippen LogP contribution in [0, 0.1) is 11.3 Å². The molecule has 1 aromatic heterocycles. The van der Waals surface area contributed by atoms with Crippen molar-refractivity contribution in [1.29, 1.82) is 5.26 Å². The van der Waals surface area contributed by atoms with Crippen molar-refractivity contribution < 1.29 is 9.53 Å². The monoisotopic (exact) mass is 381 g/mol. The van der Waals surface area contributed by atoms with Crippen LogP contribution in [0.1, 0.15) is 25.0 Å². The molecule has 7 nitrogen and oxygen atoms in total. The molecule has 1 N–H and O–H groups in total. The van der Waals surface area contributed by atoms with Gasteiger partial charge in [-0.15, -0.1) is 0 Å². The summed E-state index contributed by atoms with van der Waals surface area (Å²) in [5.74, 6) is 0.538. The third kappa shape index (κ3) is 6.56. The zero-order valence-corrected chi connectivity index (χ0v) is 16.8. The summed E-state index contributed by atoms with van der Waals surface area (Å²) >= 11 is 0. The molecule has 2 rings (SSSR count). The number of ether oxygens (including phenoxy) is 1. The fourth-order valence-electron chi connectivity index (χ4n) is 2.53. The Morgan fingerprint density at radius 3 is 2.68 bits per heavy atom. The molecule has 2 aromatic rings. The first-order valence-corrected chi connectivity index (χ1v) is 9.19. The Labute approximate surface area is 166 Å². The van der Waals surface area contributed by atoms with Gasteiger partial charge >= 0.3 is 6.03 Å². The van der Waals surface area contributed by atoms with E-state index in [-0.39, 0.29) is 12.1 Å². The second-order valence-corrected chi connectivity index (χ2v) is 7.01. The number of rotatable bonds is 8. The van der Waals surface area contributed by atoms with Crippen LogP contribution in [0.25, 0.3) is 0 Å². The zero-order valence-electron chi connectivity index (χ0n) is 16.8. The minimum absolute atomic E-state index is 0.0520. The first-order valence-electron chi connectivity index (χ1n) is 9.19. The van der Waals surface area contributed by atoms with Crippen molar-refractivity contribution in [3.05, 3.63) is 53.9 Å². The highest BCUT2D eigenvalue weighted by Crippen LogP contribution is 2.27. The lowest BCUT2D eigenvalue weighted by Crippen LogP contribution is -2.39. The first-order chi connectivity index (χ1) is 13.4. The molecule has 0 atom stereocenters. The van der Waals surface area contributed by atoms with E-state index in [0.717, 1.165) is 12.1 Å². The molecule has 1 aromatic carbocycles. The molecule has 148 valence electrons. The maximum absolute atomic E-state index is 13.0. The van der Waals surface area contributed by atoms with Crippen molar-refractivity contribution in [3.8, 4) is 11.8 Å². The minimum atomic E-state index is -0.255. The number of nitrogens with one attached hydrogen (secondary N) is 1. The number of likely N-dealkylation sites (N-methyl/N-ethyl adjacent to an activating group) is 1. The Morgan fingerprint density at radius 2 is 2.07 bits per heavy atom. The summed E-state index contributed by atoms with van der Waals surface area (Å²) < 4.78 is 5.78. The quantitative estimate of drug-likeness (QED) is 0.758. The van der Waals surface area contributed by atoms with E-state index in [4.69, 9.17) is 4.74 Å². The molecule has 0 aliphatic rings. The van der Waals surface area contributed by atoms with Gasteiger partial charge in [0, 0.05) is 32.0 Å². The number of carbonyl (C=O) groups is 1. The van der Waals surface area contributed by atoms with Gasteiger partial charge in [0.1, 0.15) is 5.75 Å². The average Bonchev–Trinajstić information content (AvgIpc) is 2.66. The summed E-state index contributed by atoms with van der Waals surface area (Å²) in [4.78, 5) is 20.9. The van der Waals surface area contributed by atoms with E-state index in [9.17, 15) is 10.1 Å². The summed E-state index contributed by atoms with van der Waals surface area (Å²) in [6, 6.07) is 10.6. The van der Waals surface area contributed by atoms with Crippen LogP contribution in [0.5, 0.6) is 5.75 Å². The minimum Gasteiger partial charge on any atom is -0.489 e. The number of anilines is 1. The number of pyridine rings is 1. The Hall–Kier alpha value is -3.11. The predicted octanol–water partition coefficient (Wildman–Crippen LogP) is 3.34. The van der Waals surface area contributed by atoms with Crippen LogP contribution in [0.2, 0.25) is 0 Å². The fraction of sp³-hybridized carbons (Fsp3) is 0.381. The van der Waals surface area contributed by atoms with Gasteiger partial charge in [-0.3, -0.25) is 4.98 Å². The number of nitriles is 1. The normalized spacial score (nSPS) is 10.6. The highest BCUT2D eigenvalue weighted by molar-refractivity contribution is 5.91. The largest absolute Gasteiger partial charge is 0.489 e. The van der Waals surface area contributed by atoms with Gasteiger partial charge in [0.15, 0.2) is 0 Å². The Kier molecular flexibility index (Phi) is 7.78. The van der Waals surface area contributed by atoms with Gasteiger partial charge in [0.25, 0.3) is 0 Å². The third-order valence-electron chi connectivity index (χ3n) is 3.91. The zero-order chi connectivity index (χ0) is 20.5. The van der Waals surface area contributed by atoms with Gasteiger partial charge < -0.3 is 19.9 Å². The van der Waals surface area contributed by atoms with Crippen LogP contribution in [0.15, 0.2) is 42.7 Å². The Bertz CT molecular complexity index is 815. The van der Waals surface area contributed by atoms with Crippen LogP contribution in [-0.4, -0.2) is 54.1 Å². The van der Waals surface area contributed by atoms with Gasteiger partial charge in [-0.05, 0) is 57.8 Å². The number of amides is 2. The number of aromatic nitrogens is 1. The summed E-state index contributed by atoms with van der Waals surface area (Å²) in [5.41, 5.74) is 1.89. The van der Waals surface area contributed by atoms with Gasteiger partial charge in [-0.25, -0.2) is 4.79 Å². The molecule has 0 bridgehead atoms. The van der Waals surface area contributed by atoms with E-state index in [0.29, 0.717) is 30.1 Å². The molecule has 0 fully saturated rings. The smallest absolute Gasteiger partial charge is 0.322 e.